The molecule has 0 unspecified atom stereocenters. The van der Waals surface area contributed by atoms with Crippen LogP contribution in [0.2, 0.25) is 0 Å². The highest BCUT2D eigenvalue weighted by Crippen LogP contribution is 2.24. The van der Waals surface area contributed by atoms with Crippen LogP contribution in [0.25, 0.3) is 0 Å². The van der Waals surface area contributed by atoms with Crippen molar-refractivity contribution in [3.05, 3.63) is 15.8 Å². The Morgan fingerprint density at radius 3 is 2.22 bits per heavy atom. The first-order valence-corrected chi connectivity index (χ1v) is 6.71. The first-order valence-electron chi connectivity index (χ1n) is 5.89. The molecule has 1 fully saturated rings. The van der Waals surface area contributed by atoms with Gasteiger partial charge in [-0.25, -0.2) is 0 Å². The number of thiophene rings is 1. The Hall–Kier alpha value is -1.56. The smallest absolute Gasteiger partial charge is 0.264 e. The standard InChI is InChI=1S/C12H17N3O2S/c1-8-10(13)7-11(18-8)12(17)15-5-3-14(4-6-15)9(2)16/h7H,3-6,13H2,1-2H3. The van der Waals surface area contributed by atoms with E-state index in [1.54, 1.807) is 22.8 Å². The number of hydrogen-bond acceptors (Lipinski definition) is 4. The van der Waals surface area contributed by atoms with Gasteiger partial charge in [-0.1, -0.05) is 0 Å². The summed E-state index contributed by atoms with van der Waals surface area (Å²) in [7, 11) is 0. The lowest BCUT2D eigenvalue weighted by molar-refractivity contribution is -0.130. The van der Waals surface area contributed by atoms with Crippen LogP contribution in [0.5, 0.6) is 0 Å². The van der Waals surface area contributed by atoms with Crippen LogP contribution in [0, 0.1) is 6.92 Å². The molecule has 5 nitrogen and oxygen atoms in total. The highest BCUT2D eigenvalue weighted by Gasteiger charge is 2.24. The summed E-state index contributed by atoms with van der Waals surface area (Å²) in [4.78, 5) is 28.6. The molecule has 1 aromatic heterocycles. The maximum atomic E-state index is 12.2. The first-order chi connectivity index (χ1) is 8.49. The highest BCUT2D eigenvalue weighted by molar-refractivity contribution is 7.14. The van der Waals surface area contributed by atoms with Crippen LogP contribution in [0.15, 0.2) is 6.07 Å². The number of aryl methyl sites for hydroxylation is 1. The second-order valence-corrected chi connectivity index (χ2v) is 5.68. The first kappa shape index (κ1) is 12.9. The van der Waals surface area contributed by atoms with Crippen LogP contribution in [-0.4, -0.2) is 47.8 Å². The molecule has 98 valence electrons. The van der Waals surface area contributed by atoms with Crippen molar-refractivity contribution in [3.8, 4) is 0 Å². The average Bonchev–Trinajstić information content (AvgIpc) is 2.69. The number of rotatable bonds is 1. The molecule has 0 bridgehead atoms. The van der Waals surface area contributed by atoms with E-state index in [0.29, 0.717) is 36.7 Å². The summed E-state index contributed by atoms with van der Waals surface area (Å²) in [6.45, 7) is 5.87. The molecule has 2 N–H and O–H groups in total. The van der Waals surface area contributed by atoms with Crippen molar-refractivity contribution in [2.75, 3.05) is 31.9 Å². The molecular formula is C12H17N3O2S. The molecule has 2 amide bonds. The molecule has 2 rings (SSSR count). The average molecular weight is 267 g/mol. The molecule has 0 radical (unpaired) electrons. The van der Waals surface area contributed by atoms with E-state index in [1.807, 2.05) is 6.92 Å². The monoisotopic (exact) mass is 267 g/mol. The minimum atomic E-state index is 0.0167. The third kappa shape index (κ3) is 2.48. The maximum absolute atomic E-state index is 12.2. The fraction of sp³-hybridized carbons (Fsp3) is 0.500. The number of nitrogens with two attached hydrogens (primary N) is 1. The molecule has 1 saturated heterocycles. The lowest BCUT2D eigenvalue weighted by atomic mass is 10.3. The molecule has 0 aliphatic carbocycles. The summed E-state index contributed by atoms with van der Waals surface area (Å²) < 4.78 is 0. The lowest BCUT2D eigenvalue weighted by Crippen LogP contribution is -2.49. The topological polar surface area (TPSA) is 66.6 Å². The van der Waals surface area contributed by atoms with Crippen molar-refractivity contribution >= 4 is 28.8 Å². The van der Waals surface area contributed by atoms with Crippen LogP contribution in [0.3, 0.4) is 0 Å². The van der Waals surface area contributed by atoms with Crippen molar-refractivity contribution in [1.29, 1.82) is 0 Å². The zero-order valence-electron chi connectivity index (χ0n) is 10.6. The Labute approximate surface area is 110 Å². The molecule has 2 heterocycles. The van der Waals surface area contributed by atoms with Crippen molar-refractivity contribution in [1.82, 2.24) is 9.80 Å². The third-order valence-corrected chi connectivity index (χ3v) is 4.23. The third-order valence-electron chi connectivity index (χ3n) is 3.18. The summed E-state index contributed by atoms with van der Waals surface area (Å²) in [6.07, 6.45) is 0. The van der Waals surface area contributed by atoms with Crippen LogP contribution in [0.1, 0.15) is 21.5 Å². The Kier molecular flexibility index (Phi) is 3.56. The molecule has 0 saturated carbocycles. The number of hydrogen-bond donors (Lipinski definition) is 1. The Morgan fingerprint density at radius 2 is 1.78 bits per heavy atom. The van der Waals surface area contributed by atoms with Gasteiger partial charge in [0.25, 0.3) is 5.91 Å². The van der Waals surface area contributed by atoms with E-state index in [-0.39, 0.29) is 11.8 Å². The molecular weight excluding hydrogens is 250 g/mol. The largest absolute Gasteiger partial charge is 0.398 e. The van der Waals surface area contributed by atoms with E-state index in [1.165, 1.54) is 11.3 Å². The van der Waals surface area contributed by atoms with E-state index >= 15 is 0 Å². The normalized spacial score (nSPS) is 15.9. The predicted octanol–water partition coefficient (Wildman–Crippen LogP) is 0.943. The quantitative estimate of drug-likeness (QED) is 0.823. The number of nitrogens with zero attached hydrogens (tertiary/aromatic N) is 2. The summed E-state index contributed by atoms with van der Waals surface area (Å²) in [5.74, 6) is 0.0845. The lowest BCUT2D eigenvalue weighted by Gasteiger charge is -2.33. The molecule has 6 heteroatoms. The van der Waals surface area contributed by atoms with Crippen LogP contribution < -0.4 is 5.73 Å². The minimum absolute atomic E-state index is 0.0167. The Balaban J connectivity index is 2.01. The molecule has 1 aromatic rings. The zero-order valence-corrected chi connectivity index (χ0v) is 11.4. The SMILES string of the molecule is CC(=O)N1CCN(C(=O)c2cc(N)c(C)s2)CC1. The second kappa shape index (κ2) is 4.97. The fourth-order valence-electron chi connectivity index (χ4n) is 1.98. The summed E-state index contributed by atoms with van der Waals surface area (Å²) in [5.41, 5.74) is 6.43. The fourth-order valence-corrected chi connectivity index (χ4v) is 2.89. The highest BCUT2D eigenvalue weighted by atomic mass is 32.1. The number of nitrogen functional groups attached to an aromatic ring is 1. The van der Waals surface area contributed by atoms with Crippen molar-refractivity contribution in [2.45, 2.75) is 13.8 Å². The minimum Gasteiger partial charge on any atom is -0.398 e. The molecule has 1 aliphatic rings. The van der Waals surface area contributed by atoms with E-state index in [4.69, 9.17) is 5.73 Å². The summed E-state index contributed by atoms with van der Waals surface area (Å²) in [6, 6.07) is 1.74. The van der Waals surface area contributed by atoms with Gasteiger partial charge < -0.3 is 15.5 Å². The maximum Gasteiger partial charge on any atom is 0.264 e. The van der Waals surface area contributed by atoms with Gasteiger partial charge in [0.05, 0.1) is 4.88 Å². The molecule has 18 heavy (non-hydrogen) atoms. The zero-order chi connectivity index (χ0) is 13.3. The number of anilines is 1. The number of carbonyl (C=O) groups is 2. The van der Waals surface area contributed by atoms with Crippen molar-refractivity contribution in [2.24, 2.45) is 0 Å². The summed E-state index contributed by atoms with van der Waals surface area (Å²) in [5, 5.41) is 0. The van der Waals surface area contributed by atoms with Gasteiger partial charge in [0.2, 0.25) is 5.91 Å². The van der Waals surface area contributed by atoms with Gasteiger partial charge >= 0.3 is 0 Å². The van der Waals surface area contributed by atoms with Gasteiger partial charge in [-0.15, -0.1) is 11.3 Å². The Bertz CT molecular complexity index is 456. The molecule has 0 atom stereocenters. The number of piperazine rings is 1. The van der Waals surface area contributed by atoms with Gasteiger partial charge in [-0.3, -0.25) is 9.59 Å². The Morgan fingerprint density at radius 1 is 1.22 bits per heavy atom. The molecule has 1 aliphatic heterocycles. The number of carbonyl (C=O) groups excluding carboxylic acids is 2. The van der Waals surface area contributed by atoms with E-state index in [2.05, 4.69) is 0 Å². The van der Waals surface area contributed by atoms with Crippen molar-refractivity contribution in [3.63, 3.8) is 0 Å². The van der Waals surface area contributed by atoms with E-state index in [9.17, 15) is 9.59 Å². The van der Waals surface area contributed by atoms with Crippen molar-refractivity contribution < 1.29 is 9.59 Å². The van der Waals surface area contributed by atoms with Gasteiger partial charge in [-0.2, -0.15) is 0 Å². The van der Waals surface area contributed by atoms with Gasteiger partial charge in [-0.05, 0) is 13.0 Å². The van der Waals surface area contributed by atoms with Gasteiger partial charge in [0.15, 0.2) is 0 Å². The molecule has 0 aromatic carbocycles. The van der Waals surface area contributed by atoms with Crippen LogP contribution in [-0.2, 0) is 4.79 Å². The predicted molar refractivity (Wildman–Crippen MR) is 71.6 cm³/mol. The van der Waals surface area contributed by atoms with Gasteiger partial charge in [0.1, 0.15) is 0 Å². The second-order valence-electron chi connectivity index (χ2n) is 4.42. The van der Waals surface area contributed by atoms with E-state index in [0.717, 1.165) is 4.88 Å². The van der Waals surface area contributed by atoms with Gasteiger partial charge in [0, 0.05) is 43.7 Å². The summed E-state index contributed by atoms with van der Waals surface area (Å²) >= 11 is 1.43. The van der Waals surface area contributed by atoms with E-state index < -0.39 is 0 Å². The number of amides is 2. The van der Waals surface area contributed by atoms with Crippen LogP contribution in [0.4, 0.5) is 5.69 Å². The molecule has 0 spiro atoms. The van der Waals surface area contributed by atoms with Crippen LogP contribution >= 0.6 is 11.3 Å².